The molecule has 0 amide bonds. The minimum Gasteiger partial charge on any atom is -0.493 e. The van der Waals surface area contributed by atoms with Gasteiger partial charge in [-0.1, -0.05) is 12.1 Å². The number of sulfonamides is 1. The molecule has 0 radical (unpaired) electrons. The summed E-state index contributed by atoms with van der Waals surface area (Å²) in [5.41, 5.74) is 1.65. The van der Waals surface area contributed by atoms with Gasteiger partial charge in [0.1, 0.15) is 23.4 Å². The molecule has 6 nitrogen and oxygen atoms in total. The lowest BCUT2D eigenvalue weighted by atomic mass is 10.0. The van der Waals surface area contributed by atoms with Crippen LogP contribution in [0.2, 0.25) is 0 Å². The van der Waals surface area contributed by atoms with Crippen molar-refractivity contribution < 1.29 is 27.0 Å². The van der Waals surface area contributed by atoms with Crippen molar-refractivity contribution in [1.82, 2.24) is 4.72 Å². The molecule has 0 unspecified atom stereocenters. The Labute approximate surface area is 171 Å². The minimum absolute atomic E-state index is 0.266. The molecular formula is C21H26FNO5S. The van der Waals surface area contributed by atoms with E-state index in [0.717, 1.165) is 11.1 Å². The molecule has 158 valence electrons. The van der Waals surface area contributed by atoms with E-state index in [0.29, 0.717) is 24.7 Å². The molecule has 2 aromatic rings. The number of benzene rings is 2. The molecule has 1 aliphatic heterocycles. The Hall–Kier alpha value is -2.16. The molecule has 29 heavy (non-hydrogen) atoms. The maximum absolute atomic E-state index is 13.5. The second-order valence-electron chi connectivity index (χ2n) is 7.11. The van der Waals surface area contributed by atoms with Crippen molar-refractivity contribution >= 4 is 10.0 Å². The minimum atomic E-state index is -3.42. The van der Waals surface area contributed by atoms with Crippen molar-refractivity contribution in [3.05, 3.63) is 48.3 Å². The molecule has 1 fully saturated rings. The zero-order valence-corrected chi connectivity index (χ0v) is 17.5. The molecule has 1 aliphatic rings. The third-order valence-corrected chi connectivity index (χ3v) is 6.53. The van der Waals surface area contributed by atoms with Crippen LogP contribution in [0.4, 0.5) is 4.39 Å². The zero-order valence-electron chi connectivity index (χ0n) is 16.7. The summed E-state index contributed by atoms with van der Waals surface area (Å²) in [6, 6.07) is 11.3. The van der Waals surface area contributed by atoms with Crippen LogP contribution in [0.25, 0.3) is 11.1 Å². The van der Waals surface area contributed by atoms with Gasteiger partial charge in [-0.05, 0) is 50.6 Å². The number of halogens is 1. The number of hydrogen-bond donors (Lipinski definition) is 1. The molecule has 3 rings (SSSR count). The van der Waals surface area contributed by atoms with Gasteiger partial charge in [0.15, 0.2) is 0 Å². The van der Waals surface area contributed by atoms with Gasteiger partial charge < -0.3 is 14.2 Å². The van der Waals surface area contributed by atoms with E-state index >= 15 is 0 Å². The zero-order chi connectivity index (χ0) is 21.0. The van der Waals surface area contributed by atoms with Gasteiger partial charge in [-0.2, -0.15) is 0 Å². The topological polar surface area (TPSA) is 73.9 Å². The lowest BCUT2D eigenvalue weighted by Crippen LogP contribution is -2.47. The van der Waals surface area contributed by atoms with Crippen LogP contribution in [0.1, 0.15) is 20.8 Å². The van der Waals surface area contributed by atoms with E-state index in [1.807, 2.05) is 19.1 Å². The van der Waals surface area contributed by atoms with Crippen molar-refractivity contribution in [2.24, 2.45) is 0 Å². The highest BCUT2D eigenvalue weighted by Gasteiger charge is 2.34. The van der Waals surface area contributed by atoms with Gasteiger partial charge in [-0.3, -0.25) is 0 Å². The van der Waals surface area contributed by atoms with Crippen LogP contribution in [0, 0.1) is 5.82 Å². The van der Waals surface area contributed by atoms with Crippen LogP contribution in [-0.2, 0) is 14.8 Å². The maximum atomic E-state index is 13.5. The lowest BCUT2D eigenvalue weighted by Gasteiger charge is -2.21. The molecule has 1 heterocycles. The van der Waals surface area contributed by atoms with E-state index < -0.39 is 27.4 Å². The van der Waals surface area contributed by atoms with Crippen LogP contribution in [0.15, 0.2) is 42.5 Å². The van der Waals surface area contributed by atoms with Crippen molar-refractivity contribution in [2.45, 2.75) is 38.2 Å². The maximum Gasteiger partial charge on any atom is 0.214 e. The highest BCUT2D eigenvalue weighted by atomic mass is 32.2. The highest BCUT2D eigenvalue weighted by Crippen LogP contribution is 2.32. The second kappa shape index (κ2) is 9.11. The average Bonchev–Trinajstić information content (AvgIpc) is 3.09. The summed E-state index contributed by atoms with van der Waals surface area (Å²) >= 11 is 0. The van der Waals surface area contributed by atoms with E-state index in [-0.39, 0.29) is 12.4 Å². The quantitative estimate of drug-likeness (QED) is 0.705. The summed E-state index contributed by atoms with van der Waals surface area (Å²) in [7, 11) is -3.42. The Balaban J connectivity index is 1.73. The van der Waals surface area contributed by atoms with Gasteiger partial charge in [-0.15, -0.1) is 0 Å². The Kier molecular flexibility index (Phi) is 6.77. The smallest absolute Gasteiger partial charge is 0.214 e. The molecule has 0 bridgehead atoms. The van der Waals surface area contributed by atoms with Gasteiger partial charge in [0, 0.05) is 11.6 Å². The Morgan fingerprint density at radius 3 is 2.55 bits per heavy atom. The van der Waals surface area contributed by atoms with Crippen molar-refractivity contribution in [3.8, 4) is 22.6 Å². The first-order chi connectivity index (χ1) is 13.8. The van der Waals surface area contributed by atoms with Gasteiger partial charge in [0.25, 0.3) is 0 Å². The third kappa shape index (κ3) is 5.26. The third-order valence-electron chi connectivity index (χ3n) is 4.66. The van der Waals surface area contributed by atoms with Gasteiger partial charge in [0.2, 0.25) is 10.0 Å². The van der Waals surface area contributed by atoms with Crippen molar-refractivity contribution in [3.63, 3.8) is 0 Å². The molecular weight excluding hydrogens is 397 g/mol. The number of nitrogens with one attached hydrogen (secondary N) is 1. The van der Waals surface area contributed by atoms with Gasteiger partial charge in [0.05, 0.1) is 31.1 Å². The molecule has 0 aliphatic carbocycles. The summed E-state index contributed by atoms with van der Waals surface area (Å²) in [6.45, 7) is 6.10. The highest BCUT2D eigenvalue weighted by molar-refractivity contribution is 7.90. The lowest BCUT2D eigenvalue weighted by molar-refractivity contribution is 0.140. The number of hydrogen-bond acceptors (Lipinski definition) is 5. The summed E-state index contributed by atoms with van der Waals surface area (Å²) in [5.74, 6) is 0.722. The molecule has 1 saturated heterocycles. The summed E-state index contributed by atoms with van der Waals surface area (Å²) in [6.07, 6.45) is -0.417. The van der Waals surface area contributed by atoms with Crippen LogP contribution in [0.3, 0.4) is 0 Å². The van der Waals surface area contributed by atoms with Crippen LogP contribution < -0.4 is 14.2 Å². The first-order valence-corrected chi connectivity index (χ1v) is 11.1. The van der Waals surface area contributed by atoms with E-state index in [9.17, 15) is 12.8 Å². The SMILES string of the molecule is CCOc1cc(F)ccc1-c1ccc(O[C@@H]2COC[C@@H]2NS(=O)(=O)C(C)C)cc1. The average molecular weight is 424 g/mol. The Morgan fingerprint density at radius 1 is 1.17 bits per heavy atom. The number of ether oxygens (including phenoxy) is 3. The van der Waals surface area contributed by atoms with Crippen molar-refractivity contribution in [2.75, 3.05) is 19.8 Å². The van der Waals surface area contributed by atoms with Crippen LogP contribution in [-0.4, -0.2) is 45.6 Å². The monoisotopic (exact) mass is 423 g/mol. The summed E-state index contributed by atoms with van der Waals surface area (Å²) in [4.78, 5) is 0. The van der Waals surface area contributed by atoms with Crippen LogP contribution in [0.5, 0.6) is 11.5 Å². The first-order valence-electron chi connectivity index (χ1n) is 9.58. The van der Waals surface area contributed by atoms with E-state index in [1.165, 1.54) is 12.1 Å². The largest absolute Gasteiger partial charge is 0.493 e. The van der Waals surface area contributed by atoms with E-state index in [2.05, 4.69) is 4.72 Å². The van der Waals surface area contributed by atoms with Crippen LogP contribution >= 0.6 is 0 Å². The Morgan fingerprint density at radius 2 is 1.90 bits per heavy atom. The van der Waals surface area contributed by atoms with E-state index in [4.69, 9.17) is 14.2 Å². The van der Waals surface area contributed by atoms with Gasteiger partial charge in [-0.25, -0.2) is 17.5 Å². The summed E-state index contributed by atoms with van der Waals surface area (Å²) in [5, 5.41) is -0.529. The molecule has 2 aromatic carbocycles. The standard InChI is InChI=1S/C21H26FNO5S/c1-4-27-20-11-16(22)7-10-18(20)15-5-8-17(9-6-15)28-21-13-26-12-19(21)23-29(24,25)14(2)3/h5-11,14,19,21,23H,4,12-13H2,1-3H3/t19-,21+/m0/s1. The second-order valence-corrected chi connectivity index (χ2v) is 9.38. The first kappa shape index (κ1) is 21.5. The molecule has 2 atom stereocenters. The summed E-state index contributed by atoms with van der Waals surface area (Å²) < 4.78 is 57.4. The molecule has 0 spiro atoms. The fourth-order valence-corrected chi connectivity index (χ4v) is 3.92. The molecule has 1 N–H and O–H groups in total. The van der Waals surface area contributed by atoms with E-state index in [1.54, 1.807) is 32.0 Å². The van der Waals surface area contributed by atoms with Gasteiger partial charge >= 0.3 is 0 Å². The predicted molar refractivity (Wildman–Crippen MR) is 109 cm³/mol. The van der Waals surface area contributed by atoms with Crippen molar-refractivity contribution in [1.29, 1.82) is 0 Å². The molecule has 0 saturated carbocycles. The predicted octanol–water partition coefficient (Wildman–Crippen LogP) is 3.37. The number of rotatable bonds is 8. The molecule has 8 heteroatoms. The fourth-order valence-electron chi connectivity index (χ4n) is 3.01. The normalized spacial score (nSPS) is 19.5. The fraction of sp³-hybridized carbons (Fsp3) is 0.429. The Bertz CT molecular complexity index is 931. The molecule has 0 aromatic heterocycles.